The molecule has 146 valence electrons. The highest BCUT2D eigenvalue weighted by Crippen LogP contribution is 2.30. The smallest absolute Gasteiger partial charge is 0.411 e. The first kappa shape index (κ1) is 19.9. The molecule has 1 amide bonds. The number of hydrogen-bond acceptors (Lipinski definition) is 5. The number of carbonyl (C=O) groups is 1. The Morgan fingerprint density at radius 1 is 1.07 bits per heavy atom. The van der Waals surface area contributed by atoms with Gasteiger partial charge in [0.15, 0.2) is 0 Å². The highest BCUT2D eigenvalue weighted by Gasteiger charge is 2.30. The normalized spacial score (nSPS) is 12.6. The van der Waals surface area contributed by atoms with Crippen LogP contribution in [0.3, 0.4) is 0 Å². The van der Waals surface area contributed by atoms with E-state index in [2.05, 4.69) is 15.5 Å². The Morgan fingerprint density at radius 2 is 1.71 bits per heavy atom. The van der Waals surface area contributed by atoms with E-state index < -0.39 is 17.0 Å². The molecule has 3 aromatic rings. The lowest BCUT2D eigenvalue weighted by Crippen LogP contribution is -2.22. The summed E-state index contributed by atoms with van der Waals surface area (Å²) in [7, 11) is 0. The molecule has 3 rings (SSSR count). The van der Waals surface area contributed by atoms with Crippen molar-refractivity contribution < 1.29 is 22.4 Å². The molecular formula is C19H16F3N3O2S. The van der Waals surface area contributed by atoms with Crippen LogP contribution in [0, 0.1) is 6.92 Å². The van der Waals surface area contributed by atoms with E-state index in [0.717, 1.165) is 35.0 Å². The molecule has 0 radical (unpaired) electrons. The molecule has 9 heteroatoms. The number of carbonyl (C=O) groups excluding carboxylic acids is 1. The number of halogens is 3. The van der Waals surface area contributed by atoms with Crippen LogP contribution in [0.5, 0.6) is 0 Å². The Bertz CT molecular complexity index is 954. The Balaban J connectivity index is 1.61. The maximum Gasteiger partial charge on any atom is 0.416 e. The molecule has 2 aromatic carbocycles. The summed E-state index contributed by atoms with van der Waals surface area (Å²) in [6.07, 6.45) is -4.42. The van der Waals surface area contributed by atoms with Gasteiger partial charge in [-0.1, -0.05) is 29.5 Å². The molecule has 0 saturated carbocycles. The minimum Gasteiger partial charge on any atom is -0.411 e. The highest BCUT2D eigenvalue weighted by molar-refractivity contribution is 8.00. The van der Waals surface area contributed by atoms with Gasteiger partial charge in [-0.05, 0) is 50.2 Å². The van der Waals surface area contributed by atoms with Gasteiger partial charge in [-0.25, -0.2) is 0 Å². The van der Waals surface area contributed by atoms with Gasteiger partial charge in [0.1, 0.15) is 0 Å². The van der Waals surface area contributed by atoms with E-state index in [1.165, 1.54) is 12.1 Å². The molecule has 0 aliphatic rings. The second-order valence-electron chi connectivity index (χ2n) is 6.06. The summed E-state index contributed by atoms with van der Waals surface area (Å²) in [5, 5.41) is 10.1. The highest BCUT2D eigenvalue weighted by atomic mass is 32.2. The van der Waals surface area contributed by atoms with Crippen LogP contribution in [-0.2, 0) is 11.0 Å². The largest absolute Gasteiger partial charge is 0.416 e. The number of aryl methyl sites for hydroxylation is 1. The van der Waals surface area contributed by atoms with Crippen molar-refractivity contribution in [1.82, 2.24) is 10.2 Å². The van der Waals surface area contributed by atoms with Gasteiger partial charge in [-0.15, -0.1) is 10.2 Å². The molecule has 1 atom stereocenters. The second kappa shape index (κ2) is 8.05. The molecule has 5 nitrogen and oxygen atoms in total. The molecule has 0 unspecified atom stereocenters. The molecule has 0 aliphatic carbocycles. The number of hydrogen-bond donors (Lipinski definition) is 1. The first-order valence-electron chi connectivity index (χ1n) is 8.28. The Morgan fingerprint density at radius 3 is 2.32 bits per heavy atom. The van der Waals surface area contributed by atoms with Gasteiger partial charge in [0.25, 0.3) is 5.22 Å². The Labute approximate surface area is 163 Å². The molecule has 0 saturated heterocycles. The molecule has 1 heterocycles. The third-order valence-corrected chi connectivity index (χ3v) is 4.77. The van der Waals surface area contributed by atoms with Crippen molar-refractivity contribution in [2.45, 2.75) is 30.5 Å². The minimum atomic E-state index is -4.42. The average molecular weight is 407 g/mol. The summed E-state index contributed by atoms with van der Waals surface area (Å²) in [6, 6.07) is 11.8. The summed E-state index contributed by atoms with van der Waals surface area (Å²) in [5.41, 5.74) is 1.37. The molecule has 0 fully saturated rings. The van der Waals surface area contributed by atoms with Gasteiger partial charge in [-0.2, -0.15) is 13.2 Å². The number of benzene rings is 2. The van der Waals surface area contributed by atoms with E-state index in [1.54, 1.807) is 6.92 Å². The number of thioether (sulfide) groups is 1. The average Bonchev–Trinajstić information content (AvgIpc) is 3.10. The number of alkyl halides is 3. The lowest BCUT2D eigenvalue weighted by atomic mass is 10.1. The van der Waals surface area contributed by atoms with E-state index in [0.29, 0.717) is 5.89 Å². The number of aromatic nitrogens is 2. The first-order chi connectivity index (χ1) is 13.2. The van der Waals surface area contributed by atoms with E-state index in [1.807, 2.05) is 31.2 Å². The van der Waals surface area contributed by atoms with Gasteiger partial charge in [0.2, 0.25) is 11.8 Å². The van der Waals surface area contributed by atoms with E-state index in [4.69, 9.17) is 4.42 Å². The zero-order valence-corrected chi connectivity index (χ0v) is 15.8. The molecule has 1 N–H and O–H groups in total. The molecular weight excluding hydrogens is 391 g/mol. The number of nitrogens with zero attached hydrogens (tertiary/aromatic N) is 2. The lowest BCUT2D eigenvalue weighted by molar-refractivity contribution is -0.137. The van der Waals surface area contributed by atoms with Crippen molar-refractivity contribution in [2.75, 3.05) is 5.32 Å². The summed E-state index contributed by atoms with van der Waals surface area (Å²) >= 11 is 1.06. The number of amides is 1. The fraction of sp³-hybridized carbons (Fsp3) is 0.211. The van der Waals surface area contributed by atoms with Crippen molar-refractivity contribution >= 4 is 23.4 Å². The summed E-state index contributed by atoms with van der Waals surface area (Å²) in [4.78, 5) is 12.3. The monoisotopic (exact) mass is 407 g/mol. The third-order valence-electron chi connectivity index (χ3n) is 3.83. The van der Waals surface area contributed by atoms with Crippen LogP contribution in [0.2, 0.25) is 0 Å². The topological polar surface area (TPSA) is 68.0 Å². The zero-order chi connectivity index (χ0) is 20.3. The molecule has 0 aliphatic heterocycles. The number of anilines is 1. The molecule has 0 bridgehead atoms. The first-order valence-corrected chi connectivity index (χ1v) is 9.15. The van der Waals surface area contributed by atoms with Gasteiger partial charge in [0, 0.05) is 11.3 Å². The molecule has 28 heavy (non-hydrogen) atoms. The standard InChI is InChI=1S/C19H16F3N3O2S/c1-11-3-5-13(6-4-11)17-24-25-18(27-17)28-12(2)16(26)23-15-9-7-14(8-10-15)19(20,21)22/h3-10,12H,1-2H3,(H,23,26)/t12-/m1/s1. The lowest BCUT2D eigenvalue weighted by Gasteiger charge is -2.11. The maximum atomic E-state index is 12.6. The second-order valence-corrected chi connectivity index (χ2v) is 7.36. The number of nitrogens with one attached hydrogen (secondary N) is 1. The Hall–Kier alpha value is -2.81. The fourth-order valence-corrected chi connectivity index (χ4v) is 2.94. The van der Waals surface area contributed by atoms with Crippen molar-refractivity contribution in [1.29, 1.82) is 0 Å². The SMILES string of the molecule is Cc1ccc(-c2nnc(S[C@H](C)C(=O)Nc3ccc(C(F)(F)F)cc3)o2)cc1. The van der Waals surface area contributed by atoms with Gasteiger partial charge >= 0.3 is 6.18 Å². The van der Waals surface area contributed by atoms with Gasteiger partial charge in [-0.3, -0.25) is 4.79 Å². The quantitative estimate of drug-likeness (QED) is 0.590. The van der Waals surface area contributed by atoms with Gasteiger partial charge in [0.05, 0.1) is 10.8 Å². The molecule has 0 spiro atoms. The van der Waals surface area contributed by atoms with Crippen LogP contribution in [0.25, 0.3) is 11.5 Å². The van der Waals surface area contributed by atoms with E-state index >= 15 is 0 Å². The van der Waals surface area contributed by atoms with E-state index in [9.17, 15) is 18.0 Å². The summed E-state index contributed by atoms with van der Waals surface area (Å²) in [6.45, 7) is 3.61. The Kier molecular flexibility index (Phi) is 5.73. The van der Waals surface area contributed by atoms with Crippen molar-refractivity contribution in [3.8, 4) is 11.5 Å². The fourth-order valence-electron chi connectivity index (χ4n) is 2.26. The predicted octanol–water partition coefficient (Wildman–Crippen LogP) is 5.18. The minimum absolute atomic E-state index is 0.227. The summed E-state index contributed by atoms with van der Waals surface area (Å²) in [5.74, 6) is -0.0438. The van der Waals surface area contributed by atoms with Crippen molar-refractivity contribution in [3.05, 3.63) is 59.7 Å². The summed E-state index contributed by atoms with van der Waals surface area (Å²) < 4.78 is 43.3. The maximum absolute atomic E-state index is 12.6. The van der Waals surface area contributed by atoms with Crippen LogP contribution in [0.15, 0.2) is 58.2 Å². The van der Waals surface area contributed by atoms with Crippen LogP contribution >= 0.6 is 11.8 Å². The number of rotatable bonds is 5. The third kappa shape index (κ3) is 4.92. The van der Waals surface area contributed by atoms with Crippen LogP contribution < -0.4 is 5.32 Å². The van der Waals surface area contributed by atoms with Crippen molar-refractivity contribution in [3.63, 3.8) is 0 Å². The van der Waals surface area contributed by atoms with Crippen LogP contribution in [0.4, 0.5) is 18.9 Å². The zero-order valence-electron chi connectivity index (χ0n) is 14.9. The van der Waals surface area contributed by atoms with Crippen LogP contribution in [-0.4, -0.2) is 21.4 Å². The molecule has 1 aromatic heterocycles. The van der Waals surface area contributed by atoms with Gasteiger partial charge < -0.3 is 9.73 Å². The predicted molar refractivity (Wildman–Crippen MR) is 99.9 cm³/mol. The van der Waals surface area contributed by atoms with Crippen LogP contribution in [0.1, 0.15) is 18.1 Å². The van der Waals surface area contributed by atoms with Crippen molar-refractivity contribution in [2.24, 2.45) is 0 Å². The van der Waals surface area contributed by atoms with E-state index in [-0.39, 0.29) is 16.8 Å².